The third kappa shape index (κ3) is 5.84. The van der Waals surface area contributed by atoms with E-state index in [0.29, 0.717) is 30.2 Å². The molecule has 34 heavy (non-hydrogen) atoms. The summed E-state index contributed by atoms with van der Waals surface area (Å²) < 4.78 is 12.0. The zero-order valence-electron chi connectivity index (χ0n) is 21.4. The highest BCUT2D eigenvalue weighted by atomic mass is 16.6. The van der Waals surface area contributed by atoms with Gasteiger partial charge in [-0.3, -0.25) is 9.69 Å². The quantitative estimate of drug-likeness (QED) is 0.455. The van der Waals surface area contributed by atoms with Gasteiger partial charge >= 0.3 is 11.9 Å². The lowest BCUT2D eigenvalue weighted by molar-refractivity contribution is -0.155. The first-order valence-electron chi connectivity index (χ1n) is 13.5. The van der Waals surface area contributed by atoms with Crippen molar-refractivity contribution in [3.63, 3.8) is 0 Å². The van der Waals surface area contributed by atoms with E-state index < -0.39 is 0 Å². The molecule has 1 saturated carbocycles. The topological polar surface area (TPSA) is 55.8 Å². The van der Waals surface area contributed by atoms with Crippen LogP contribution in [-0.4, -0.2) is 48.7 Å². The lowest BCUT2D eigenvalue weighted by Crippen LogP contribution is -2.52. The third-order valence-electron chi connectivity index (χ3n) is 8.83. The summed E-state index contributed by atoms with van der Waals surface area (Å²) in [6.45, 7) is 6.97. The second kappa shape index (κ2) is 11.2. The monoisotopic (exact) mass is 469 g/mol. The molecule has 2 aliphatic heterocycles. The summed E-state index contributed by atoms with van der Waals surface area (Å²) >= 11 is 0. The summed E-state index contributed by atoms with van der Waals surface area (Å²) in [6.07, 6.45) is 8.79. The minimum atomic E-state index is -0.280. The van der Waals surface area contributed by atoms with Gasteiger partial charge in [0.15, 0.2) is 0 Å². The molecule has 5 unspecified atom stereocenters. The zero-order valence-corrected chi connectivity index (χ0v) is 21.4. The van der Waals surface area contributed by atoms with Crippen LogP contribution >= 0.6 is 0 Å². The summed E-state index contributed by atoms with van der Waals surface area (Å²) in [6, 6.07) is 9.91. The zero-order chi connectivity index (χ0) is 24.2. The lowest BCUT2D eigenvalue weighted by atomic mass is 9.74. The fourth-order valence-corrected chi connectivity index (χ4v) is 6.76. The molecular formula is C29H43NO4. The van der Waals surface area contributed by atoms with E-state index in [1.54, 1.807) is 12.1 Å². The van der Waals surface area contributed by atoms with E-state index in [2.05, 4.69) is 25.8 Å². The molecule has 1 aliphatic carbocycles. The predicted molar refractivity (Wildman–Crippen MR) is 133 cm³/mol. The van der Waals surface area contributed by atoms with E-state index in [1.807, 2.05) is 25.1 Å². The number of rotatable bonds is 8. The Morgan fingerprint density at radius 1 is 1.00 bits per heavy atom. The lowest BCUT2D eigenvalue weighted by Gasteiger charge is -2.42. The molecule has 188 valence electrons. The van der Waals surface area contributed by atoms with Crippen molar-refractivity contribution in [1.82, 2.24) is 4.90 Å². The van der Waals surface area contributed by atoms with Crippen LogP contribution in [0.25, 0.3) is 0 Å². The highest BCUT2D eigenvalue weighted by Crippen LogP contribution is 2.41. The van der Waals surface area contributed by atoms with E-state index in [4.69, 9.17) is 9.47 Å². The molecule has 2 bridgehead atoms. The van der Waals surface area contributed by atoms with Gasteiger partial charge in [-0.15, -0.1) is 0 Å². The van der Waals surface area contributed by atoms with Crippen LogP contribution in [0, 0.1) is 29.6 Å². The molecule has 1 aromatic carbocycles. The SMILES string of the molecule is CC(C)CC1CCC(C(C)C(=O)OCC2C(OC(=O)c3ccccc3)CC3CCC2N3C)CC1. The van der Waals surface area contributed by atoms with Gasteiger partial charge in [-0.25, -0.2) is 4.79 Å². The van der Waals surface area contributed by atoms with Crippen molar-refractivity contribution in [2.45, 2.75) is 90.3 Å². The molecule has 0 N–H and O–H groups in total. The molecule has 5 heteroatoms. The van der Waals surface area contributed by atoms with Gasteiger partial charge in [0, 0.05) is 24.4 Å². The summed E-state index contributed by atoms with van der Waals surface area (Å²) in [5, 5.41) is 0. The van der Waals surface area contributed by atoms with E-state index in [0.717, 1.165) is 43.9 Å². The Balaban J connectivity index is 1.33. The Bertz CT molecular complexity index is 817. The van der Waals surface area contributed by atoms with Gasteiger partial charge in [-0.1, -0.05) is 51.8 Å². The molecule has 2 saturated heterocycles. The third-order valence-corrected chi connectivity index (χ3v) is 8.83. The number of benzene rings is 1. The van der Waals surface area contributed by atoms with Crippen molar-refractivity contribution in [3.05, 3.63) is 35.9 Å². The Morgan fingerprint density at radius 2 is 1.71 bits per heavy atom. The van der Waals surface area contributed by atoms with Gasteiger partial charge in [-0.2, -0.15) is 0 Å². The van der Waals surface area contributed by atoms with Crippen molar-refractivity contribution >= 4 is 11.9 Å². The van der Waals surface area contributed by atoms with E-state index >= 15 is 0 Å². The molecule has 0 radical (unpaired) electrons. The van der Waals surface area contributed by atoms with Crippen LogP contribution in [0.1, 0.15) is 82.5 Å². The van der Waals surface area contributed by atoms with E-state index in [-0.39, 0.29) is 29.9 Å². The van der Waals surface area contributed by atoms with Gasteiger partial charge in [0.1, 0.15) is 6.10 Å². The molecule has 4 rings (SSSR count). The Labute approximate surface area is 205 Å². The molecular weight excluding hydrogens is 426 g/mol. The van der Waals surface area contributed by atoms with Crippen LogP contribution in [0.3, 0.4) is 0 Å². The van der Waals surface area contributed by atoms with Crippen molar-refractivity contribution in [3.8, 4) is 0 Å². The van der Waals surface area contributed by atoms with Gasteiger partial charge < -0.3 is 9.47 Å². The summed E-state index contributed by atoms with van der Waals surface area (Å²) in [4.78, 5) is 28.2. The normalized spacial score (nSPS) is 32.4. The van der Waals surface area contributed by atoms with Crippen LogP contribution in [0.5, 0.6) is 0 Å². The van der Waals surface area contributed by atoms with Crippen LogP contribution in [-0.2, 0) is 14.3 Å². The second-order valence-electron chi connectivity index (χ2n) is 11.5. The Morgan fingerprint density at radius 3 is 2.38 bits per heavy atom. The second-order valence-corrected chi connectivity index (χ2v) is 11.5. The maximum Gasteiger partial charge on any atom is 0.338 e. The molecule has 0 aromatic heterocycles. The van der Waals surface area contributed by atoms with Crippen LogP contribution < -0.4 is 0 Å². The number of carbonyl (C=O) groups is 2. The van der Waals surface area contributed by atoms with Gasteiger partial charge in [0.2, 0.25) is 0 Å². The van der Waals surface area contributed by atoms with Crippen LogP contribution in [0.2, 0.25) is 0 Å². The highest BCUT2D eigenvalue weighted by Gasteiger charge is 2.48. The largest absolute Gasteiger partial charge is 0.465 e. The molecule has 0 spiro atoms. The number of nitrogens with zero attached hydrogens (tertiary/aromatic N) is 1. The molecule has 1 aromatic rings. The minimum absolute atomic E-state index is 0.0225. The Kier molecular flexibility index (Phi) is 8.34. The number of carbonyl (C=O) groups excluding carboxylic acids is 2. The fraction of sp³-hybridized carbons (Fsp3) is 0.724. The van der Waals surface area contributed by atoms with Gasteiger partial charge in [-0.05, 0) is 69.0 Å². The average Bonchev–Trinajstić information content (AvgIpc) is 3.08. The smallest absolute Gasteiger partial charge is 0.338 e. The number of fused-ring (bicyclic) bond motifs is 2. The highest BCUT2D eigenvalue weighted by molar-refractivity contribution is 5.89. The number of ether oxygens (including phenoxy) is 2. The number of hydrogen-bond acceptors (Lipinski definition) is 5. The molecule has 5 nitrogen and oxygen atoms in total. The first kappa shape index (κ1) is 25.2. The molecule has 3 fully saturated rings. The molecule has 3 aliphatic rings. The van der Waals surface area contributed by atoms with Crippen LogP contribution in [0.4, 0.5) is 0 Å². The first-order chi connectivity index (χ1) is 16.3. The predicted octanol–water partition coefficient (Wildman–Crippen LogP) is 5.73. The fourth-order valence-electron chi connectivity index (χ4n) is 6.76. The van der Waals surface area contributed by atoms with Crippen molar-refractivity contribution < 1.29 is 19.1 Å². The summed E-state index contributed by atoms with van der Waals surface area (Å²) in [5.41, 5.74) is 0.575. The average molecular weight is 470 g/mol. The van der Waals surface area contributed by atoms with Crippen LogP contribution in [0.15, 0.2) is 30.3 Å². The summed E-state index contributed by atoms with van der Waals surface area (Å²) in [5.74, 6) is 1.58. The maximum atomic E-state index is 13.0. The van der Waals surface area contributed by atoms with Gasteiger partial charge in [0.05, 0.1) is 18.1 Å². The van der Waals surface area contributed by atoms with Crippen molar-refractivity contribution in [1.29, 1.82) is 0 Å². The molecule has 5 atom stereocenters. The van der Waals surface area contributed by atoms with E-state index in [1.165, 1.54) is 19.3 Å². The van der Waals surface area contributed by atoms with Gasteiger partial charge in [0.25, 0.3) is 0 Å². The Hall–Kier alpha value is -1.88. The molecule has 0 amide bonds. The standard InChI is InChI=1S/C29H43NO4/c1-19(2)16-21-10-12-22(13-11-21)20(3)28(31)33-18-25-26-15-14-24(30(26)4)17-27(25)34-29(32)23-8-6-5-7-9-23/h5-9,19-22,24-27H,10-18H2,1-4H3. The van der Waals surface area contributed by atoms with Crippen molar-refractivity contribution in [2.24, 2.45) is 29.6 Å². The summed E-state index contributed by atoms with van der Waals surface area (Å²) in [7, 11) is 2.16. The number of esters is 2. The number of hydrogen-bond donors (Lipinski definition) is 0. The first-order valence-corrected chi connectivity index (χ1v) is 13.5. The van der Waals surface area contributed by atoms with E-state index in [9.17, 15) is 9.59 Å². The minimum Gasteiger partial charge on any atom is -0.465 e. The number of piperidine rings is 1. The van der Waals surface area contributed by atoms with Crippen molar-refractivity contribution in [2.75, 3.05) is 13.7 Å². The maximum absolute atomic E-state index is 13.0. The molecule has 2 heterocycles.